The van der Waals surface area contributed by atoms with Crippen molar-refractivity contribution in [2.45, 2.75) is 6.92 Å². The number of aryl methyl sites for hydroxylation is 1. The molecule has 0 saturated carbocycles. The monoisotopic (exact) mass is 384 g/mol. The summed E-state index contributed by atoms with van der Waals surface area (Å²) in [5.74, 6) is -1.34. The van der Waals surface area contributed by atoms with Gasteiger partial charge >= 0.3 is 6.03 Å². The first kappa shape index (κ1) is 16.1. The molecule has 1 aliphatic heterocycles. The molecule has 3 rings (SSSR count). The van der Waals surface area contributed by atoms with Crippen LogP contribution in [0, 0.1) is 6.92 Å². The van der Waals surface area contributed by atoms with Crippen molar-refractivity contribution in [3.8, 4) is 0 Å². The fourth-order valence-corrected chi connectivity index (χ4v) is 2.67. The van der Waals surface area contributed by atoms with E-state index in [1.54, 1.807) is 30.3 Å². The van der Waals surface area contributed by atoms with Crippen LogP contribution in [0.2, 0.25) is 0 Å². The van der Waals surface area contributed by atoms with Gasteiger partial charge in [0.2, 0.25) is 0 Å². The number of halogens is 1. The fourth-order valence-electron chi connectivity index (χ4n) is 2.41. The number of hydrogen-bond acceptors (Lipinski definition) is 3. The molecule has 1 aliphatic rings. The van der Waals surface area contributed by atoms with Crippen LogP contribution in [0.4, 0.5) is 10.5 Å². The third-order valence-electron chi connectivity index (χ3n) is 3.54. The lowest BCUT2D eigenvalue weighted by molar-refractivity contribution is -0.122. The maximum atomic E-state index is 12.7. The van der Waals surface area contributed by atoms with E-state index in [2.05, 4.69) is 21.2 Å². The highest BCUT2D eigenvalue weighted by atomic mass is 79.9. The zero-order valence-corrected chi connectivity index (χ0v) is 14.3. The van der Waals surface area contributed by atoms with Gasteiger partial charge in [0.25, 0.3) is 11.8 Å². The van der Waals surface area contributed by atoms with Gasteiger partial charge in [0, 0.05) is 4.47 Å². The minimum atomic E-state index is -0.756. The summed E-state index contributed by atoms with van der Waals surface area (Å²) in [5.41, 5.74) is 2.04. The van der Waals surface area contributed by atoms with Gasteiger partial charge in [0.15, 0.2) is 0 Å². The van der Waals surface area contributed by atoms with Crippen molar-refractivity contribution >= 4 is 45.5 Å². The van der Waals surface area contributed by atoms with Gasteiger partial charge in [-0.05, 0) is 42.8 Å². The summed E-state index contributed by atoms with van der Waals surface area (Å²) in [6.45, 7) is 1.92. The molecule has 5 nitrogen and oxygen atoms in total. The van der Waals surface area contributed by atoms with Crippen LogP contribution in [0.5, 0.6) is 0 Å². The quantitative estimate of drug-likeness (QED) is 0.637. The number of carbonyl (C=O) groups excluding carboxylic acids is 3. The largest absolute Gasteiger partial charge is 0.335 e. The molecule has 6 heteroatoms. The van der Waals surface area contributed by atoms with E-state index in [-0.39, 0.29) is 5.57 Å². The molecular weight excluding hydrogens is 372 g/mol. The van der Waals surface area contributed by atoms with Crippen LogP contribution in [-0.2, 0) is 9.59 Å². The SMILES string of the molecule is Cc1cccc(/C=C2/C(=O)NC(=O)N(c3ccc(Br)cc3)C2=O)c1. The number of imide groups is 2. The number of urea groups is 1. The topological polar surface area (TPSA) is 66.5 Å². The van der Waals surface area contributed by atoms with Gasteiger partial charge in [-0.25, -0.2) is 9.69 Å². The minimum absolute atomic E-state index is 0.0804. The molecule has 1 heterocycles. The van der Waals surface area contributed by atoms with Crippen molar-refractivity contribution in [3.63, 3.8) is 0 Å². The molecule has 0 bridgehead atoms. The van der Waals surface area contributed by atoms with E-state index in [9.17, 15) is 14.4 Å². The predicted octanol–water partition coefficient (Wildman–Crippen LogP) is 3.42. The summed E-state index contributed by atoms with van der Waals surface area (Å²) in [5, 5.41) is 2.21. The van der Waals surface area contributed by atoms with Gasteiger partial charge < -0.3 is 0 Å². The van der Waals surface area contributed by atoms with E-state index < -0.39 is 17.8 Å². The Morgan fingerprint density at radius 1 is 1.04 bits per heavy atom. The standard InChI is InChI=1S/C18H13BrN2O3/c1-11-3-2-4-12(9-11)10-15-16(22)20-18(24)21(17(15)23)14-7-5-13(19)6-8-14/h2-10H,1H3,(H,20,22,24)/b15-10-. The molecule has 0 aliphatic carbocycles. The van der Waals surface area contributed by atoms with Crippen molar-refractivity contribution in [1.82, 2.24) is 5.32 Å². The number of nitrogens with one attached hydrogen (secondary N) is 1. The molecule has 0 radical (unpaired) electrons. The molecule has 0 atom stereocenters. The lowest BCUT2D eigenvalue weighted by Crippen LogP contribution is -2.54. The van der Waals surface area contributed by atoms with Gasteiger partial charge in [-0.3, -0.25) is 14.9 Å². The van der Waals surface area contributed by atoms with Crippen molar-refractivity contribution in [2.75, 3.05) is 4.90 Å². The Morgan fingerprint density at radius 3 is 2.42 bits per heavy atom. The highest BCUT2D eigenvalue weighted by molar-refractivity contribution is 9.10. The van der Waals surface area contributed by atoms with Crippen molar-refractivity contribution in [1.29, 1.82) is 0 Å². The maximum absolute atomic E-state index is 12.7. The zero-order valence-electron chi connectivity index (χ0n) is 12.7. The van der Waals surface area contributed by atoms with Crippen LogP contribution >= 0.6 is 15.9 Å². The first-order valence-corrected chi connectivity index (χ1v) is 7.99. The molecule has 120 valence electrons. The van der Waals surface area contributed by atoms with Gasteiger partial charge in [-0.1, -0.05) is 45.8 Å². The number of amides is 4. The number of hydrogen-bond donors (Lipinski definition) is 1. The van der Waals surface area contributed by atoms with Gasteiger partial charge in [0.1, 0.15) is 5.57 Å². The minimum Gasteiger partial charge on any atom is -0.273 e. The summed E-state index contributed by atoms with van der Waals surface area (Å²) < 4.78 is 0.822. The van der Waals surface area contributed by atoms with Gasteiger partial charge in [-0.15, -0.1) is 0 Å². The Labute approximate surface area is 147 Å². The average Bonchev–Trinajstić information content (AvgIpc) is 2.53. The maximum Gasteiger partial charge on any atom is 0.335 e. The lowest BCUT2D eigenvalue weighted by Gasteiger charge is -2.26. The van der Waals surface area contributed by atoms with Crippen LogP contribution in [0.15, 0.2) is 58.6 Å². The highest BCUT2D eigenvalue weighted by Crippen LogP contribution is 2.23. The molecule has 1 saturated heterocycles. The van der Waals surface area contributed by atoms with E-state index >= 15 is 0 Å². The third kappa shape index (κ3) is 3.14. The lowest BCUT2D eigenvalue weighted by atomic mass is 10.1. The Morgan fingerprint density at radius 2 is 1.75 bits per heavy atom. The van der Waals surface area contributed by atoms with E-state index in [4.69, 9.17) is 0 Å². The molecular formula is C18H13BrN2O3. The first-order chi connectivity index (χ1) is 11.5. The Kier molecular flexibility index (Phi) is 4.31. The van der Waals surface area contributed by atoms with Crippen molar-refractivity contribution in [2.24, 2.45) is 0 Å². The Hall–Kier alpha value is -2.73. The summed E-state index contributed by atoms with van der Waals surface area (Å²) in [4.78, 5) is 37.8. The summed E-state index contributed by atoms with van der Waals surface area (Å²) >= 11 is 3.30. The van der Waals surface area contributed by atoms with Gasteiger partial charge in [0.05, 0.1) is 5.69 Å². The number of rotatable bonds is 2. The smallest absolute Gasteiger partial charge is 0.273 e. The van der Waals surface area contributed by atoms with Crippen LogP contribution < -0.4 is 10.2 Å². The van der Waals surface area contributed by atoms with E-state index in [1.165, 1.54) is 6.08 Å². The van der Waals surface area contributed by atoms with Crippen LogP contribution in [0.1, 0.15) is 11.1 Å². The second-order valence-corrected chi connectivity index (χ2v) is 6.26. The van der Waals surface area contributed by atoms with Crippen molar-refractivity contribution in [3.05, 3.63) is 69.7 Å². The highest BCUT2D eigenvalue weighted by Gasteiger charge is 2.36. The fraction of sp³-hybridized carbons (Fsp3) is 0.0556. The molecule has 24 heavy (non-hydrogen) atoms. The molecule has 0 aromatic heterocycles. The van der Waals surface area contributed by atoms with E-state index in [0.717, 1.165) is 20.5 Å². The number of benzene rings is 2. The number of carbonyl (C=O) groups is 3. The van der Waals surface area contributed by atoms with Gasteiger partial charge in [-0.2, -0.15) is 0 Å². The molecule has 4 amide bonds. The first-order valence-electron chi connectivity index (χ1n) is 7.19. The number of barbiturate groups is 1. The number of nitrogens with zero attached hydrogens (tertiary/aromatic N) is 1. The Bertz CT molecular complexity index is 872. The molecule has 0 unspecified atom stereocenters. The summed E-state index contributed by atoms with van der Waals surface area (Å²) in [6, 6.07) is 13.3. The second kappa shape index (κ2) is 6.41. The average molecular weight is 385 g/mol. The van der Waals surface area contributed by atoms with E-state index in [0.29, 0.717) is 5.69 Å². The predicted molar refractivity (Wildman–Crippen MR) is 94.3 cm³/mol. The summed E-state index contributed by atoms with van der Waals surface area (Å²) in [6.07, 6.45) is 1.49. The van der Waals surface area contributed by atoms with Crippen LogP contribution in [0.3, 0.4) is 0 Å². The zero-order chi connectivity index (χ0) is 17.3. The van der Waals surface area contributed by atoms with Crippen LogP contribution in [-0.4, -0.2) is 17.8 Å². The normalized spacial score (nSPS) is 16.5. The third-order valence-corrected chi connectivity index (χ3v) is 4.07. The molecule has 1 fully saturated rings. The number of anilines is 1. The van der Waals surface area contributed by atoms with Crippen LogP contribution in [0.25, 0.3) is 6.08 Å². The van der Waals surface area contributed by atoms with Crippen molar-refractivity contribution < 1.29 is 14.4 Å². The molecule has 1 N–H and O–H groups in total. The molecule has 2 aromatic carbocycles. The Balaban J connectivity index is 2.01. The van der Waals surface area contributed by atoms with E-state index in [1.807, 2.05) is 25.1 Å². The second-order valence-electron chi connectivity index (χ2n) is 5.35. The molecule has 0 spiro atoms. The molecule has 2 aromatic rings. The summed E-state index contributed by atoms with van der Waals surface area (Å²) in [7, 11) is 0.